The van der Waals surface area contributed by atoms with E-state index in [-0.39, 0.29) is 6.10 Å². The van der Waals surface area contributed by atoms with Crippen LogP contribution in [-0.4, -0.2) is 57.4 Å². The Morgan fingerprint density at radius 3 is 2.72 bits per heavy atom. The average Bonchev–Trinajstić information content (AvgIpc) is 3.42. The fourth-order valence-corrected chi connectivity index (χ4v) is 4.12. The Hall–Kier alpha value is -2.48. The predicted octanol–water partition coefficient (Wildman–Crippen LogP) is 2.93. The fourth-order valence-electron chi connectivity index (χ4n) is 3.21. The SMILES string of the molecule is CN=C(NCCc1csc(N2CCCC2)n1)NCC(C)Oc1ccccc1OC. The molecule has 0 radical (unpaired) electrons. The molecular formula is C21H31N5O2S. The summed E-state index contributed by atoms with van der Waals surface area (Å²) in [4.78, 5) is 11.4. The lowest BCUT2D eigenvalue weighted by molar-refractivity contribution is 0.213. The summed E-state index contributed by atoms with van der Waals surface area (Å²) in [5.74, 6) is 2.23. The van der Waals surface area contributed by atoms with Gasteiger partial charge in [-0.3, -0.25) is 4.99 Å². The van der Waals surface area contributed by atoms with Gasteiger partial charge in [-0.2, -0.15) is 0 Å². The number of aliphatic imine (C=N–C) groups is 1. The molecule has 0 amide bonds. The van der Waals surface area contributed by atoms with Crippen molar-refractivity contribution in [2.75, 3.05) is 45.2 Å². The Bertz CT molecular complexity index is 789. The lowest BCUT2D eigenvalue weighted by atomic mass is 10.3. The number of ether oxygens (including phenoxy) is 2. The molecule has 0 aliphatic carbocycles. The standard InChI is InChI=1S/C21H31N5O2S/c1-16(28-19-9-5-4-8-18(19)27-3)14-24-20(22-2)23-11-10-17-15-29-21(25-17)26-12-6-7-13-26/h4-5,8-9,15-16H,6-7,10-14H2,1-3H3,(H2,22,23,24). The normalized spacial score (nSPS) is 15.3. The number of nitrogens with one attached hydrogen (secondary N) is 2. The van der Waals surface area contributed by atoms with E-state index in [2.05, 4.69) is 25.9 Å². The smallest absolute Gasteiger partial charge is 0.191 e. The van der Waals surface area contributed by atoms with Gasteiger partial charge >= 0.3 is 0 Å². The molecule has 8 heteroatoms. The van der Waals surface area contributed by atoms with Crippen molar-refractivity contribution >= 4 is 22.4 Å². The maximum absolute atomic E-state index is 5.97. The van der Waals surface area contributed by atoms with Gasteiger partial charge in [-0.1, -0.05) is 12.1 Å². The molecule has 29 heavy (non-hydrogen) atoms. The number of thiazole rings is 1. The molecule has 1 aromatic heterocycles. The number of methoxy groups -OCH3 is 1. The Balaban J connectivity index is 1.39. The number of hydrogen-bond acceptors (Lipinski definition) is 6. The summed E-state index contributed by atoms with van der Waals surface area (Å²) in [6.45, 7) is 5.70. The molecule has 0 bridgehead atoms. The zero-order chi connectivity index (χ0) is 20.5. The molecule has 1 aliphatic rings. The lowest BCUT2D eigenvalue weighted by Crippen LogP contribution is -2.42. The van der Waals surface area contributed by atoms with E-state index in [9.17, 15) is 0 Å². The number of aromatic nitrogens is 1. The van der Waals surface area contributed by atoms with Crippen LogP contribution in [-0.2, 0) is 6.42 Å². The molecule has 3 rings (SSSR count). The average molecular weight is 418 g/mol. The molecule has 158 valence electrons. The molecule has 2 heterocycles. The highest BCUT2D eigenvalue weighted by atomic mass is 32.1. The van der Waals surface area contributed by atoms with E-state index in [1.54, 1.807) is 25.5 Å². The zero-order valence-electron chi connectivity index (χ0n) is 17.5. The van der Waals surface area contributed by atoms with Crippen molar-refractivity contribution in [3.63, 3.8) is 0 Å². The summed E-state index contributed by atoms with van der Waals surface area (Å²) < 4.78 is 11.3. The number of nitrogens with zero attached hydrogens (tertiary/aromatic N) is 3. The van der Waals surface area contributed by atoms with Crippen LogP contribution in [0.4, 0.5) is 5.13 Å². The van der Waals surface area contributed by atoms with Crippen LogP contribution < -0.4 is 25.0 Å². The first-order valence-electron chi connectivity index (χ1n) is 10.1. The molecule has 1 aliphatic heterocycles. The van der Waals surface area contributed by atoms with Crippen LogP contribution in [0.5, 0.6) is 11.5 Å². The number of para-hydroxylation sites is 2. The van der Waals surface area contributed by atoms with Gasteiger partial charge in [-0.15, -0.1) is 11.3 Å². The van der Waals surface area contributed by atoms with Gasteiger partial charge in [0.2, 0.25) is 0 Å². The third-order valence-corrected chi connectivity index (χ3v) is 5.72. The third kappa shape index (κ3) is 6.25. The van der Waals surface area contributed by atoms with Crippen molar-refractivity contribution in [3.05, 3.63) is 35.3 Å². The molecule has 1 saturated heterocycles. The molecule has 1 fully saturated rings. The van der Waals surface area contributed by atoms with Gasteiger partial charge in [0.05, 0.1) is 19.3 Å². The van der Waals surface area contributed by atoms with E-state index < -0.39 is 0 Å². The molecule has 0 spiro atoms. The first-order chi connectivity index (χ1) is 14.2. The summed E-state index contributed by atoms with van der Waals surface area (Å²) in [5.41, 5.74) is 1.13. The first-order valence-corrected chi connectivity index (χ1v) is 11.0. The summed E-state index contributed by atoms with van der Waals surface area (Å²) >= 11 is 1.74. The highest BCUT2D eigenvalue weighted by molar-refractivity contribution is 7.13. The highest BCUT2D eigenvalue weighted by Gasteiger charge is 2.15. The topological polar surface area (TPSA) is 71.0 Å². The quantitative estimate of drug-likeness (QED) is 0.483. The van der Waals surface area contributed by atoms with Gasteiger partial charge in [0.1, 0.15) is 6.10 Å². The van der Waals surface area contributed by atoms with E-state index >= 15 is 0 Å². The van der Waals surface area contributed by atoms with Gasteiger partial charge in [-0.25, -0.2) is 4.98 Å². The van der Waals surface area contributed by atoms with Gasteiger partial charge < -0.3 is 25.0 Å². The van der Waals surface area contributed by atoms with Crippen LogP contribution in [0, 0.1) is 0 Å². The zero-order valence-corrected chi connectivity index (χ0v) is 18.3. The van der Waals surface area contributed by atoms with Crippen LogP contribution in [0.25, 0.3) is 0 Å². The molecule has 1 aromatic carbocycles. The van der Waals surface area contributed by atoms with Crippen LogP contribution in [0.15, 0.2) is 34.6 Å². The number of rotatable bonds is 9. The second-order valence-electron chi connectivity index (χ2n) is 7.02. The third-order valence-electron chi connectivity index (χ3n) is 4.77. The molecule has 2 aromatic rings. The fraction of sp³-hybridized carbons (Fsp3) is 0.524. The Kier molecular flexibility index (Phi) is 7.98. The lowest BCUT2D eigenvalue weighted by Gasteiger charge is -2.19. The van der Waals surface area contributed by atoms with Crippen LogP contribution in [0.3, 0.4) is 0 Å². The second kappa shape index (κ2) is 10.9. The highest BCUT2D eigenvalue weighted by Crippen LogP contribution is 2.26. The second-order valence-corrected chi connectivity index (χ2v) is 7.86. The largest absolute Gasteiger partial charge is 0.493 e. The van der Waals surface area contributed by atoms with Gasteiger partial charge in [0.15, 0.2) is 22.6 Å². The summed E-state index contributed by atoms with van der Waals surface area (Å²) in [5, 5.41) is 9.97. The number of guanidine groups is 1. The molecule has 7 nitrogen and oxygen atoms in total. The van der Waals surface area contributed by atoms with Crippen molar-refractivity contribution in [1.29, 1.82) is 0 Å². The van der Waals surface area contributed by atoms with Gasteiger partial charge in [0.25, 0.3) is 0 Å². The predicted molar refractivity (Wildman–Crippen MR) is 120 cm³/mol. The van der Waals surface area contributed by atoms with Crippen molar-refractivity contribution in [2.45, 2.75) is 32.3 Å². The monoisotopic (exact) mass is 417 g/mol. The summed E-state index contributed by atoms with van der Waals surface area (Å²) in [6.07, 6.45) is 3.39. The molecule has 2 N–H and O–H groups in total. The molecule has 1 unspecified atom stereocenters. The van der Waals surface area contributed by atoms with Crippen molar-refractivity contribution in [2.24, 2.45) is 4.99 Å². The van der Waals surface area contributed by atoms with Crippen LogP contribution >= 0.6 is 11.3 Å². The number of benzene rings is 1. The minimum atomic E-state index is -0.0357. The van der Waals surface area contributed by atoms with Crippen LogP contribution in [0.2, 0.25) is 0 Å². The summed E-state index contributed by atoms with van der Waals surface area (Å²) in [7, 11) is 3.42. The Morgan fingerprint density at radius 1 is 1.24 bits per heavy atom. The van der Waals surface area contributed by atoms with E-state index in [0.29, 0.717) is 6.54 Å². The molecular weight excluding hydrogens is 386 g/mol. The maximum atomic E-state index is 5.97. The van der Waals surface area contributed by atoms with E-state index in [1.807, 2.05) is 31.2 Å². The Labute approximate surface area is 177 Å². The van der Waals surface area contributed by atoms with Gasteiger partial charge in [0, 0.05) is 38.5 Å². The van der Waals surface area contributed by atoms with E-state index in [1.165, 1.54) is 12.8 Å². The van der Waals surface area contributed by atoms with Gasteiger partial charge in [-0.05, 0) is 31.9 Å². The van der Waals surface area contributed by atoms with Crippen molar-refractivity contribution < 1.29 is 9.47 Å². The minimum Gasteiger partial charge on any atom is -0.493 e. The van der Waals surface area contributed by atoms with Crippen molar-refractivity contribution in [1.82, 2.24) is 15.6 Å². The van der Waals surface area contributed by atoms with E-state index in [4.69, 9.17) is 14.5 Å². The van der Waals surface area contributed by atoms with Crippen molar-refractivity contribution in [3.8, 4) is 11.5 Å². The minimum absolute atomic E-state index is 0.0357. The van der Waals surface area contributed by atoms with E-state index in [0.717, 1.165) is 54.3 Å². The first kappa shape index (κ1) is 21.2. The Morgan fingerprint density at radius 2 is 2.00 bits per heavy atom. The maximum Gasteiger partial charge on any atom is 0.191 e. The molecule has 1 atom stereocenters. The number of hydrogen-bond donors (Lipinski definition) is 2. The van der Waals surface area contributed by atoms with Crippen LogP contribution in [0.1, 0.15) is 25.5 Å². The molecule has 0 saturated carbocycles. The summed E-state index contributed by atoms with van der Waals surface area (Å²) in [6, 6.07) is 7.67. The number of anilines is 1.